The van der Waals surface area contributed by atoms with E-state index in [4.69, 9.17) is 14.0 Å². The molecule has 0 aliphatic carbocycles. The zero-order valence-electron chi connectivity index (χ0n) is 29.4. The maximum absolute atomic E-state index is 13.8. The van der Waals surface area contributed by atoms with E-state index in [0.29, 0.717) is 30.5 Å². The lowest BCUT2D eigenvalue weighted by atomic mass is 9.95. The molecule has 1 unspecified atom stereocenters. The number of hydrogen-bond donors (Lipinski definition) is 0. The molecule has 0 bridgehead atoms. The van der Waals surface area contributed by atoms with Gasteiger partial charge in [-0.1, -0.05) is 12.5 Å². The van der Waals surface area contributed by atoms with Crippen LogP contribution in [-0.2, 0) is 24.7 Å². The quantitative estimate of drug-likeness (QED) is 0.0620. The van der Waals surface area contributed by atoms with Gasteiger partial charge in [-0.2, -0.15) is 83.0 Å². The molecule has 4 aromatic carbocycles. The molecule has 0 aromatic heterocycles. The van der Waals surface area contributed by atoms with Gasteiger partial charge < -0.3 is 18.4 Å². The summed E-state index contributed by atoms with van der Waals surface area (Å²) in [6.07, 6.45) is -17.7. The van der Waals surface area contributed by atoms with Crippen LogP contribution in [0, 0.1) is 6.07 Å². The highest BCUT2D eigenvalue weighted by Crippen LogP contribution is 2.41. The molecule has 294 valence electrons. The summed E-state index contributed by atoms with van der Waals surface area (Å²) in [6, 6.07) is 16.4. The van der Waals surface area contributed by atoms with Gasteiger partial charge in [-0.15, -0.1) is 0 Å². The van der Waals surface area contributed by atoms with Crippen molar-refractivity contribution in [1.82, 2.24) is 0 Å². The fourth-order valence-electron chi connectivity index (χ4n) is 5.75. The molecule has 0 radical (unpaired) electrons. The third-order valence-corrected chi connectivity index (χ3v) is 8.73. The van der Waals surface area contributed by atoms with Gasteiger partial charge >= 0.3 is 32.0 Å². The molecular formula is C37H36BF12NO3. The Labute approximate surface area is 305 Å². The summed E-state index contributed by atoms with van der Waals surface area (Å²) in [6.45, 7) is 9.38. The molecule has 54 heavy (non-hydrogen) atoms. The normalized spacial score (nSPS) is 13.0. The summed E-state index contributed by atoms with van der Waals surface area (Å²) in [7, 11) is -1.82. The summed E-state index contributed by atoms with van der Waals surface area (Å²) in [5.41, 5.74) is -3.27. The highest BCUT2D eigenvalue weighted by molar-refractivity contribution is 6.39. The molecule has 0 aliphatic rings. The smallest absolute Gasteiger partial charge is 0.490 e. The minimum atomic E-state index is -4.67. The Morgan fingerprint density at radius 2 is 0.889 bits per heavy atom. The molecule has 0 aliphatic heterocycles. The van der Waals surface area contributed by atoms with Crippen LogP contribution in [0.15, 0.2) is 91.0 Å². The number of rotatable bonds is 12. The van der Waals surface area contributed by atoms with Gasteiger partial charge in [0.1, 0.15) is 23.3 Å². The molecule has 0 saturated carbocycles. The molecule has 4 aromatic rings. The number of nitrogens with zero attached hydrogens (tertiary/aromatic N) is 1. The van der Waals surface area contributed by atoms with E-state index in [1.165, 1.54) is 12.1 Å². The summed E-state index contributed by atoms with van der Waals surface area (Å²) in [5, 5.41) is 0. The molecule has 1 atom stereocenters. The molecule has 4 nitrogen and oxygen atoms in total. The molecular weight excluding hydrogens is 745 g/mol. The first-order valence-corrected chi connectivity index (χ1v) is 16.5. The molecule has 0 N–H and O–H groups in total. The van der Waals surface area contributed by atoms with Crippen LogP contribution in [0.25, 0.3) is 0 Å². The van der Waals surface area contributed by atoms with Crippen molar-refractivity contribution in [3.8, 4) is 17.2 Å². The second-order valence-electron chi connectivity index (χ2n) is 11.8. The van der Waals surface area contributed by atoms with Crippen LogP contribution in [0.3, 0.4) is 0 Å². The minimum absolute atomic E-state index is 0.0495. The highest BCUT2D eigenvalue weighted by Gasteiger charge is 2.40. The van der Waals surface area contributed by atoms with Crippen LogP contribution < -0.4 is 14.0 Å². The Morgan fingerprint density at radius 1 is 0.519 bits per heavy atom. The van der Waals surface area contributed by atoms with E-state index in [1.807, 2.05) is 27.7 Å². The van der Waals surface area contributed by atoms with Crippen molar-refractivity contribution < 1.29 is 71.1 Å². The second kappa shape index (κ2) is 17.7. The topological polar surface area (TPSA) is 27.7 Å². The molecule has 0 fully saturated rings. The van der Waals surface area contributed by atoms with Gasteiger partial charge in [0.2, 0.25) is 0 Å². The maximum Gasteiger partial charge on any atom is 0.864 e. The minimum Gasteiger partial charge on any atom is -0.490 e. The Kier molecular flexibility index (Phi) is 14.4. The van der Waals surface area contributed by atoms with Crippen LogP contribution in [0.2, 0.25) is 0 Å². The van der Waals surface area contributed by atoms with Crippen molar-refractivity contribution in [2.24, 2.45) is 0 Å². The summed E-state index contributed by atoms with van der Waals surface area (Å²) >= 11 is 0. The average molecular weight is 781 g/mol. The van der Waals surface area contributed by atoms with E-state index in [-0.39, 0.29) is 22.8 Å². The number of alkyl halides is 12. The van der Waals surface area contributed by atoms with Gasteiger partial charge in [0.05, 0.1) is 41.9 Å². The van der Waals surface area contributed by atoms with E-state index in [1.54, 1.807) is 0 Å². The van der Waals surface area contributed by atoms with E-state index in [0.717, 1.165) is 78.9 Å². The van der Waals surface area contributed by atoms with E-state index < -0.39 is 60.3 Å². The van der Waals surface area contributed by atoms with Gasteiger partial charge in [-0.3, -0.25) is 0 Å². The lowest BCUT2D eigenvalue weighted by Crippen LogP contribution is -2.50. The zero-order chi connectivity index (χ0) is 40.5. The van der Waals surface area contributed by atoms with Gasteiger partial charge in [0.25, 0.3) is 0 Å². The van der Waals surface area contributed by atoms with Crippen molar-refractivity contribution >= 4 is 7.32 Å². The van der Waals surface area contributed by atoms with E-state index in [2.05, 4.69) is 6.07 Å². The first-order valence-electron chi connectivity index (χ1n) is 16.5. The number of hydrogen-bond acceptors (Lipinski definition) is 3. The molecule has 0 amide bonds. The third-order valence-electron chi connectivity index (χ3n) is 8.73. The Bertz CT molecular complexity index is 1670. The second-order valence-corrected chi connectivity index (χ2v) is 11.8. The lowest BCUT2D eigenvalue weighted by Gasteiger charge is -2.43. The zero-order valence-corrected chi connectivity index (χ0v) is 29.4. The fraction of sp³-hybridized carbons (Fsp3) is 0.351. The van der Waals surface area contributed by atoms with Crippen LogP contribution in [0.5, 0.6) is 17.2 Å². The number of halogens is 12. The lowest BCUT2D eigenvalue weighted by molar-refractivity contribution is -0.952. The highest BCUT2D eigenvalue weighted by atomic mass is 19.4. The summed E-state index contributed by atoms with van der Waals surface area (Å²) < 4.78 is 173. The Balaban J connectivity index is 0.000000676. The maximum atomic E-state index is 13.8. The first-order chi connectivity index (χ1) is 25.1. The SMILES string of the molecule is CCC(c1cc(C(F)(F)F)ccc1OB(Oc1ccc(C(F)(F)F)cc1)Oc1ccc(C(F)(F)F)cc1)[N+](CC)(CC)CC.FC(F)(F)c1cc[c-]cc1. The monoisotopic (exact) mass is 781 g/mol. The van der Waals surface area contributed by atoms with Gasteiger partial charge in [0.15, 0.2) is 0 Å². The Hall–Kier alpha value is -4.54. The largest absolute Gasteiger partial charge is 0.864 e. The molecule has 4 rings (SSSR count). The molecule has 0 heterocycles. The third kappa shape index (κ3) is 11.7. The summed E-state index contributed by atoms with van der Waals surface area (Å²) in [4.78, 5) is 0. The average Bonchev–Trinajstić information content (AvgIpc) is 3.10. The van der Waals surface area contributed by atoms with Gasteiger partial charge in [-0.05, 0) is 87.5 Å². The van der Waals surface area contributed by atoms with E-state index >= 15 is 0 Å². The van der Waals surface area contributed by atoms with Crippen molar-refractivity contribution in [1.29, 1.82) is 0 Å². The van der Waals surface area contributed by atoms with Crippen LogP contribution in [0.4, 0.5) is 52.7 Å². The number of benzene rings is 4. The van der Waals surface area contributed by atoms with Crippen LogP contribution in [0.1, 0.15) is 68.0 Å². The van der Waals surface area contributed by atoms with Crippen molar-refractivity contribution in [2.75, 3.05) is 19.6 Å². The Morgan fingerprint density at radius 3 is 1.22 bits per heavy atom. The van der Waals surface area contributed by atoms with Crippen LogP contribution in [-0.4, -0.2) is 31.4 Å². The molecule has 0 saturated heterocycles. The van der Waals surface area contributed by atoms with E-state index in [9.17, 15) is 52.7 Å². The predicted octanol–water partition coefficient (Wildman–Crippen LogP) is 12.1. The van der Waals surface area contributed by atoms with Crippen LogP contribution >= 0.6 is 0 Å². The summed E-state index contributed by atoms with van der Waals surface area (Å²) in [5.74, 6) is -0.362. The fourth-order valence-corrected chi connectivity index (χ4v) is 5.75. The molecule has 0 spiro atoms. The van der Waals surface area contributed by atoms with Gasteiger partial charge in [-0.25, -0.2) is 0 Å². The first kappa shape index (κ1) is 43.9. The molecule has 17 heteroatoms. The predicted molar refractivity (Wildman–Crippen MR) is 177 cm³/mol. The van der Waals surface area contributed by atoms with Crippen molar-refractivity contribution in [3.63, 3.8) is 0 Å². The standard InChI is InChI=1S/C30H32BF9NO3.C7H4F3/c1-5-26(41(6-2,7-3)8-4)25-19-22(30(38,39)40)13-18-27(25)44-31(42-23-14-9-20(10-15-23)28(32,33)34)43-24-16-11-21(12-17-24)29(35,36)37;8-7(9,10)6-4-2-1-3-5-6/h9-19,26H,5-8H2,1-4H3;2-5H/q+1;-1. The van der Waals surface area contributed by atoms with Crippen molar-refractivity contribution in [2.45, 2.75) is 64.9 Å². The van der Waals surface area contributed by atoms with Crippen molar-refractivity contribution in [3.05, 3.63) is 125 Å². The number of quaternary nitrogens is 1. The van der Waals surface area contributed by atoms with Gasteiger partial charge in [0, 0.05) is 6.42 Å².